The molecule has 162 valence electrons. The summed E-state index contributed by atoms with van der Waals surface area (Å²) in [6, 6.07) is 4.08. The largest absolute Gasteiger partial charge is 0.484 e. The first-order valence-electron chi connectivity index (χ1n) is 10.5. The smallest absolute Gasteiger partial charge is 0.258 e. The van der Waals surface area contributed by atoms with Gasteiger partial charge in [-0.05, 0) is 63.1 Å². The minimum Gasteiger partial charge on any atom is -0.484 e. The number of carbonyl (C=O) groups is 2. The van der Waals surface area contributed by atoms with Crippen LogP contribution in [0.25, 0.3) is 0 Å². The minimum absolute atomic E-state index is 0.0130. The number of piperidine rings is 1. The van der Waals surface area contributed by atoms with Gasteiger partial charge in [0.05, 0.1) is 15.6 Å². The molecule has 1 aromatic carbocycles. The zero-order chi connectivity index (χ0) is 20.9. The second kappa shape index (κ2) is 7.57. The van der Waals surface area contributed by atoms with Crippen LogP contribution in [0.1, 0.15) is 38.5 Å². The molecule has 6 rings (SSSR count). The van der Waals surface area contributed by atoms with E-state index in [1.807, 2.05) is 0 Å². The lowest BCUT2D eigenvalue weighted by Crippen LogP contribution is -2.84. The van der Waals surface area contributed by atoms with E-state index in [4.69, 9.17) is 16.3 Å². The molecule has 3 saturated carbocycles. The van der Waals surface area contributed by atoms with Crippen LogP contribution in [0.4, 0.5) is 4.39 Å². The molecule has 2 saturated heterocycles. The van der Waals surface area contributed by atoms with Crippen LogP contribution in [0.3, 0.4) is 0 Å². The van der Waals surface area contributed by atoms with E-state index in [0.717, 1.165) is 38.3 Å². The Labute approximate surface area is 184 Å². The average Bonchev–Trinajstić information content (AvgIpc) is 3.10. The van der Waals surface area contributed by atoms with Crippen LogP contribution >= 0.6 is 23.4 Å². The molecule has 2 amide bonds. The van der Waals surface area contributed by atoms with Gasteiger partial charge >= 0.3 is 0 Å². The number of carbonyl (C=O) groups excluding carboxylic acids is 2. The van der Waals surface area contributed by atoms with Crippen LogP contribution in [0.5, 0.6) is 5.75 Å². The Balaban J connectivity index is 1.06. The lowest BCUT2D eigenvalue weighted by Gasteiger charge is -2.70. The van der Waals surface area contributed by atoms with E-state index in [9.17, 15) is 14.0 Å². The van der Waals surface area contributed by atoms with Crippen LogP contribution in [0.15, 0.2) is 18.2 Å². The molecule has 5 aliphatic rings. The third-order valence-corrected chi connectivity index (χ3v) is 8.62. The Hall–Kier alpha value is -1.51. The maximum atomic E-state index is 13.4. The maximum absolute atomic E-state index is 13.4. The van der Waals surface area contributed by atoms with Gasteiger partial charge < -0.3 is 20.7 Å². The summed E-state index contributed by atoms with van der Waals surface area (Å²) in [6.07, 6.45) is 5.63. The SMILES string of the molecule is O=C(COc1ccc(Cl)c(F)c1)NC12CC(NC(=O)C3CC4CCCNC4S3)(C1)C2. The fraction of sp³-hybridized carbons (Fsp3) is 0.619. The molecule has 3 aliphatic carbocycles. The number of benzene rings is 1. The third kappa shape index (κ3) is 3.78. The van der Waals surface area contributed by atoms with Gasteiger partial charge in [0, 0.05) is 17.1 Å². The molecule has 30 heavy (non-hydrogen) atoms. The van der Waals surface area contributed by atoms with Crippen molar-refractivity contribution in [3.63, 3.8) is 0 Å². The van der Waals surface area contributed by atoms with Crippen molar-refractivity contribution in [3.8, 4) is 5.75 Å². The molecule has 6 nitrogen and oxygen atoms in total. The summed E-state index contributed by atoms with van der Waals surface area (Å²) in [5.41, 5.74) is -0.399. The number of fused-ring (bicyclic) bond motifs is 1. The van der Waals surface area contributed by atoms with E-state index < -0.39 is 5.82 Å². The second-order valence-corrected chi connectivity index (χ2v) is 10.9. The number of ether oxygens (including phenoxy) is 1. The van der Waals surface area contributed by atoms with Gasteiger partial charge in [-0.3, -0.25) is 9.59 Å². The van der Waals surface area contributed by atoms with Gasteiger partial charge in [-0.15, -0.1) is 11.8 Å². The van der Waals surface area contributed by atoms with E-state index in [1.54, 1.807) is 11.8 Å². The van der Waals surface area contributed by atoms with Gasteiger partial charge in [0.25, 0.3) is 5.91 Å². The van der Waals surface area contributed by atoms with E-state index in [-0.39, 0.29) is 45.5 Å². The first-order chi connectivity index (χ1) is 14.4. The van der Waals surface area contributed by atoms with Crippen molar-refractivity contribution >= 4 is 35.2 Å². The normalized spacial score (nSPS) is 36.1. The van der Waals surface area contributed by atoms with E-state index in [1.165, 1.54) is 25.0 Å². The first kappa shape index (κ1) is 20.4. The fourth-order valence-electron chi connectivity index (χ4n) is 5.45. The number of thioether (sulfide) groups is 1. The number of nitrogens with one attached hydrogen (secondary N) is 3. The van der Waals surface area contributed by atoms with Crippen molar-refractivity contribution in [2.45, 2.75) is 60.2 Å². The van der Waals surface area contributed by atoms with E-state index in [0.29, 0.717) is 11.3 Å². The monoisotopic (exact) mass is 453 g/mol. The highest BCUT2D eigenvalue weighted by molar-refractivity contribution is 8.01. The van der Waals surface area contributed by atoms with Crippen molar-refractivity contribution in [3.05, 3.63) is 29.0 Å². The van der Waals surface area contributed by atoms with Gasteiger partial charge in [-0.25, -0.2) is 4.39 Å². The van der Waals surface area contributed by atoms with Crippen molar-refractivity contribution in [2.75, 3.05) is 13.2 Å². The zero-order valence-electron chi connectivity index (χ0n) is 16.5. The van der Waals surface area contributed by atoms with Gasteiger partial charge in [-0.2, -0.15) is 0 Å². The van der Waals surface area contributed by atoms with E-state index >= 15 is 0 Å². The zero-order valence-corrected chi connectivity index (χ0v) is 18.1. The van der Waals surface area contributed by atoms with Crippen molar-refractivity contribution in [1.29, 1.82) is 0 Å². The predicted molar refractivity (Wildman–Crippen MR) is 113 cm³/mol. The highest BCUT2D eigenvalue weighted by Gasteiger charge is 2.69. The number of hydrogen-bond donors (Lipinski definition) is 3. The summed E-state index contributed by atoms with van der Waals surface area (Å²) in [5.74, 6) is 0.183. The van der Waals surface area contributed by atoms with Gasteiger partial charge in [0.15, 0.2) is 6.61 Å². The molecular formula is C21H25ClFN3O3S. The van der Waals surface area contributed by atoms with Gasteiger partial charge in [0.2, 0.25) is 5.91 Å². The Morgan fingerprint density at radius 2 is 2.03 bits per heavy atom. The number of rotatable bonds is 6. The lowest BCUT2D eigenvalue weighted by molar-refractivity contribution is -0.150. The maximum Gasteiger partial charge on any atom is 0.258 e. The summed E-state index contributed by atoms with van der Waals surface area (Å²) < 4.78 is 18.8. The van der Waals surface area contributed by atoms with Crippen molar-refractivity contribution in [1.82, 2.24) is 16.0 Å². The Morgan fingerprint density at radius 3 is 2.77 bits per heavy atom. The standard InChI is InChI=1S/C21H25ClFN3O3S/c22-14-4-3-13(7-15(14)23)29-8-17(27)25-20-9-21(10-20,11-20)26-18(28)16-6-12-2-1-5-24-19(12)30-16/h3-4,7,12,16,19,24H,1-2,5-6,8-11H2,(H,25,27)(H,26,28). The summed E-state index contributed by atoms with van der Waals surface area (Å²) in [5, 5.41) is 10.2. The van der Waals surface area contributed by atoms with Gasteiger partial charge in [-0.1, -0.05) is 11.6 Å². The second-order valence-electron chi connectivity index (χ2n) is 9.13. The van der Waals surface area contributed by atoms with Crippen LogP contribution in [-0.2, 0) is 9.59 Å². The van der Waals surface area contributed by atoms with Crippen LogP contribution < -0.4 is 20.7 Å². The molecule has 2 bridgehead atoms. The quantitative estimate of drug-likeness (QED) is 0.617. The van der Waals surface area contributed by atoms with Crippen molar-refractivity contribution < 1.29 is 18.7 Å². The summed E-state index contributed by atoms with van der Waals surface area (Å²) in [7, 11) is 0. The molecule has 2 heterocycles. The predicted octanol–water partition coefficient (Wildman–Crippen LogP) is 2.60. The molecule has 9 heteroatoms. The van der Waals surface area contributed by atoms with Gasteiger partial charge in [0.1, 0.15) is 11.6 Å². The Kier molecular flexibility index (Phi) is 5.14. The molecular weight excluding hydrogens is 429 g/mol. The summed E-state index contributed by atoms with van der Waals surface area (Å²) >= 11 is 7.41. The minimum atomic E-state index is -0.581. The Morgan fingerprint density at radius 1 is 1.27 bits per heavy atom. The molecule has 1 aromatic rings. The topological polar surface area (TPSA) is 79.5 Å². The summed E-state index contributed by atoms with van der Waals surface area (Å²) in [6.45, 7) is 0.863. The average molecular weight is 454 g/mol. The molecule has 0 aromatic heterocycles. The number of amides is 2. The Bertz CT molecular complexity index is 851. The fourth-order valence-corrected chi connectivity index (χ4v) is 7.14. The number of hydrogen-bond acceptors (Lipinski definition) is 5. The molecule has 0 spiro atoms. The highest BCUT2D eigenvalue weighted by atomic mass is 35.5. The molecule has 3 atom stereocenters. The third-order valence-electron chi connectivity index (χ3n) is 6.73. The number of halogens is 2. The van der Waals surface area contributed by atoms with Crippen LogP contribution in [-0.4, -0.2) is 46.7 Å². The molecule has 5 fully saturated rings. The first-order valence-corrected chi connectivity index (χ1v) is 11.8. The molecule has 2 aliphatic heterocycles. The van der Waals surface area contributed by atoms with E-state index in [2.05, 4.69) is 16.0 Å². The van der Waals surface area contributed by atoms with Crippen molar-refractivity contribution in [2.24, 2.45) is 5.92 Å². The van der Waals surface area contributed by atoms with Crippen LogP contribution in [0, 0.1) is 11.7 Å². The molecule has 0 radical (unpaired) electrons. The highest BCUT2D eigenvalue weighted by Crippen LogP contribution is 2.60. The van der Waals surface area contributed by atoms with Crippen LogP contribution in [0.2, 0.25) is 5.02 Å². The lowest BCUT2D eigenvalue weighted by atomic mass is 9.44. The molecule has 3 N–H and O–H groups in total. The summed E-state index contributed by atoms with van der Waals surface area (Å²) in [4.78, 5) is 25.0. The molecule has 3 unspecified atom stereocenters.